The fourth-order valence-electron chi connectivity index (χ4n) is 1.71. The minimum Gasteiger partial charge on any atom is -0.391 e. The van der Waals surface area contributed by atoms with Gasteiger partial charge in [0.15, 0.2) is 0 Å². The van der Waals surface area contributed by atoms with Gasteiger partial charge in [0.2, 0.25) is 0 Å². The molecule has 0 spiro atoms. The van der Waals surface area contributed by atoms with E-state index in [1.165, 1.54) is 19.3 Å². The Bertz CT molecular complexity index is 148. The molecule has 3 nitrogen and oxygen atoms in total. The Labute approximate surface area is 86.8 Å². The molecule has 1 rings (SSSR count). The smallest absolute Gasteiger partial charge is 0.0785 e. The van der Waals surface area contributed by atoms with E-state index in [0.29, 0.717) is 12.6 Å². The first-order valence-electron chi connectivity index (χ1n) is 5.62. The molecule has 0 radical (unpaired) electrons. The van der Waals surface area contributed by atoms with Gasteiger partial charge < -0.3 is 15.2 Å². The second kappa shape index (κ2) is 6.38. The van der Waals surface area contributed by atoms with Crippen molar-refractivity contribution in [2.75, 3.05) is 20.3 Å². The average Bonchev–Trinajstić information content (AvgIpc) is 2.88. The zero-order valence-electron chi connectivity index (χ0n) is 9.33. The van der Waals surface area contributed by atoms with E-state index < -0.39 is 0 Å². The highest BCUT2D eigenvalue weighted by atomic mass is 16.5. The number of nitrogens with one attached hydrogen (secondary N) is 1. The van der Waals surface area contributed by atoms with Crippen LogP contribution in [0.3, 0.4) is 0 Å². The SMILES string of the molecule is COCC(O)CCNC(C)CC1CC1. The summed E-state index contributed by atoms with van der Waals surface area (Å²) in [5.74, 6) is 0.974. The highest BCUT2D eigenvalue weighted by Gasteiger charge is 2.23. The third-order valence-corrected chi connectivity index (χ3v) is 2.71. The molecule has 0 saturated heterocycles. The fraction of sp³-hybridized carbons (Fsp3) is 1.00. The summed E-state index contributed by atoms with van der Waals surface area (Å²) in [6.45, 7) is 3.55. The van der Waals surface area contributed by atoms with E-state index in [-0.39, 0.29) is 6.10 Å². The van der Waals surface area contributed by atoms with Gasteiger partial charge >= 0.3 is 0 Å². The van der Waals surface area contributed by atoms with Crippen molar-refractivity contribution >= 4 is 0 Å². The summed E-state index contributed by atoms with van der Waals surface area (Å²) in [5, 5.41) is 12.8. The second-order valence-corrected chi connectivity index (χ2v) is 4.43. The molecule has 1 aliphatic rings. The zero-order valence-corrected chi connectivity index (χ0v) is 9.33. The molecule has 2 N–H and O–H groups in total. The van der Waals surface area contributed by atoms with Crippen LogP contribution in [0.15, 0.2) is 0 Å². The lowest BCUT2D eigenvalue weighted by Crippen LogP contribution is -2.30. The number of ether oxygens (including phenoxy) is 1. The van der Waals surface area contributed by atoms with Crippen LogP contribution >= 0.6 is 0 Å². The molecule has 2 atom stereocenters. The number of hydrogen-bond donors (Lipinski definition) is 2. The molecule has 0 aromatic rings. The Kier molecular flexibility index (Phi) is 5.45. The van der Waals surface area contributed by atoms with Gasteiger partial charge in [-0.3, -0.25) is 0 Å². The van der Waals surface area contributed by atoms with Gasteiger partial charge in [0.25, 0.3) is 0 Å². The molecular formula is C11H23NO2. The maximum absolute atomic E-state index is 9.39. The third kappa shape index (κ3) is 5.58. The van der Waals surface area contributed by atoms with E-state index in [4.69, 9.17) is 4.74 Å². The van der Waals surface area contributed by atoms with Crippen molar-refractivity contribution in [3.63, 3.8) is 0 Å². The lowest BCUT2D eigenvalue weighted by Gasteiger charge is -2.15. The van der Waals surface area contributed by atoms with Crippen LogP contribution in [0.2, 0.25) is 0 Å². The number of methoxy groups -OCH3 is 1. The van der Waals surface area contributed by atoms with Crippen LogP contribution in [-0.2, 0) is 4.74 Å². The summed E-state index contributed by atoms with van der Waals surface area (Å²) in [5.41, 5.74) is 0. The summed E-state index contributed by atoms with van der Waals surface area (Å²) in [4.78, 5) is 0. The molecule has 0 heterocycles. The van der Waals surface area contributed by atoms with Gasteiger partial charge in [0.1, 0.15) is 0 Å². The maximum Gasteiger partial charge on any atom is 0.0785 e. The number of rotatable bonds is 8. The summed E-state index contributed by atoms with van der Waals surface area (Å²) in [6, 6.07) is 0.595. The summed E-state index contributed by atoms with van der Waals surface area (Å²) >= 11 is 0. The molecule has 0 aromatic heterocycles. The average molecular weight is 201 g/mol. The number of aliphatic hydroxyl groups is 1. The normalized spacial score (nSPS) is 20.8. The predicted octanol–water partition coefficient (Wildman–Crippen LogP) is 1.16. The van der Waals surface area contributed by atoms with E-state index in [0.717, 1.165) is 18.9 Å². The maximum atomic E-state index is 9.39. The Morgan fingerprint density at radius 3 is 2.79 bits per heavy atom. The molecule has 1 saturated carbocycles. The Morgan fingerprint density at radius 1 is 1.50 bits per heavy atom. The third-order valence-electron chi connectivity index (χ3n) is 2.71. The van der Waals surface area contributed by atoms with Crippen molar-refractivity contribution in [2.45, 2.75) is 44.8 Å². The summed E-state index contributed by atoms with van der Waals surface area (Å²) < 4.78 is 4.86. The van der Waals surface area contributed by atoms with Gasteiger partial charge in [0.05, 0.1) is 12.7 Å². The Morgan fingerprint density at radius 2 is 2.21 bits per heavy atom. The number of aliphatic hydroxyl groups excluding tert-OH is 1. The van der Waals surface area contributed by atoms with Crippen LogP contribution in [0.1, 0.15) is 32.6 Å². The minimum absolute atomic E-state index is 0.319. The molecular weight excluding hydrogens is 178 g/mol. The van der Waals surface area contributed by atoms with E-state index in [1.54, 1.807) is 7.11 Å². The predicted molar refractivity (Wildman–Crippen MR) is 57.3 cm³/mol. The van der Waals surface area contributed by atoms with Crippen LogP contribution in [0.25, 0.3) is 0 Å². The van der Waals surface area contributed by atoms with Gasteiger partial charge in [-0.2, -0.15) is 0 Å². The molecule has 0 aromatic carbocycles. The second-order valence-electron chi connectivity index (χ2n) is 4.43. The molecule has 1 fully saturated rings. The first kappa shape index (κ1) is 12.0. The molecule has 2 unspecified atom stereocenters. The molecule has 0 bridgehead atoms. The fourth-order valence-corrected chi connectivity index (χ4v) is 1.71. The Hall–Kier alpha value is -0.120. The van der Waals surface area contributed by atoms with E-state index in [9.17, 15) is 5.11 Å². The monoisotopic (exact) mass is 201 g/mol. The minimum atomic E-state index is -0.319. The van der Waals surface area contributed by atoms with Crippen molar-refractivity contribution < 1.29 is 9.84 Å². The van der Waals surface area contributed by atoms with Gasteiger partial charge in [-0.1, -0.05) is 12.8 Å². The highest BCUT2D eigenvalue weighted by molar-refractivity contribution is 4.78. The lowest BCUT2D eigenvalue weighted by molar-refractivity contribution is 0.0590. The molecule has 84 valence electrons. The lowest BCUT2D eigenvalue weighted by atomic mass is 10.1. The first-order valence-corrected chi connectivity index (χ1v) is 5.62. The molecule has 14 heavy (non-hydrogen) atoms. The quantitative estimate of drug-likeness (QED) is 0.619. The van der Waals surface area contributed by atoms with Crippen LogP contribution in [0, 0.1) is 5.92 Å². The van der Waals surface area contributed by atoms with Crippen molar-refractivity contribution in [1.29, 1.82) is 0 Å². The van der Waals surface area contributed by atoms with Crippen LogP contribution in [0.4, 0.5) is 0 Å². The standard InChI is InChI=1S/C11H23NO2/c1-9(7-10-3-4-10)12-6-5-11(13)8-14-2/h9-13H,3-8H2,1-2H3. The van der Waals surface area contributed by atoms with E-state index in [1.807, 2.05) is 0 Å². The van der Waals surface area contributed by atoms with Gasteiger partial charge in [0, 0.05) is 13.2 Å². The van der Waals surface area contributed by atoms with Gasteiger partial charge in [-0.25, -0.2) is 0 Å². The number of hydrogen-bond acceptors (Lipinski definition) is 3. The van der Waals surface area contributed by atoms with Crippen molar-refractivity contribution in [3.05, 3.63) is 0 Å². The van der Waals surface area contributed by atoms with E-state index >= 15 is 0 Å². The topological polar surface area (TPSA) is 41.5 Å². The molecule has 0 amide bonds. The van der Waals surface area contributed by atoms with Crippen LogP contribution in [-0.4, -0.2) is 37.5 Å². The van der Waals surface area contributed by atoms with Crippen molar-refractivity contribution in [3.8, 4) is 0 Å². The molecule has 3 heteroatoms. The Balaban J connectivity index is 1.90. The van der Waals surface area contributed by atoms with Gasteiger partial charge in [-0.05, 0) is 32.2 Å². The summed E-state index contributed by atoms with van der Waals surface area (Å²) in [7, 11) is 1.62. The first-order chi connectivity index (χ1) is 6.72. The van der Waals surface area contributed by atoms with Crippen LogP contribution < -0.4 is 5.32 Å². The van der Waals surface area contributed by atoms with E-state index in [2.05, 4.69) is 12.2 Å². The highest BCUT2D eigenvalue weighted by Crippen LogP contribution is 2.33. The van der Waals surface area contributed by atoms with Crippen molar-refractivity contribution in [2.24, 2.45) is 5.92 Å². The zero-order chi connectivity index (χ0) is 10.4. The molecule has 0 aliphatic heterocycles. The van der Waals surface area contributed by atoms with Gasteiger partial charge in [-0.15, -0.1) is 0 Å². The van der Waals surface area contributed by atoms with Crippen LogP contribution in [0.5, 0.6) is 0 Å². The van der Waals surface area contributed by atoms with Crippen molar-refractivity contribution in [1.82, 2.24) is 5.32 Å². The molecule has 1 aliphatic carbocycles. The summed E-state index contributed by atoms with van der Waals surface area (Å²) in [6.07, 6.45) is 4.58. The largest absolute Gasteiger partial charge is 0.391 e.